The van der Waals surface area contributed by atoms with E-state index in [2.05, 4.69) is 25.7 Å². The third-order valence-electron chi connectivity index (χ3n) is 7.42. The first kappa shape index (κ1) is 35.8. The predicted molar refractivity (Wildman–Crippen MR) is 159 cm³/mol. The molecule has 260 valence electrons. The van der Waals surface area contributed by atoms with E-state index < -0.39 is 47.6 Å². The fourth-order valence-electron chi connectivity index (χ4n) is 5.01. The summed E-state index contributed by atoms with van der Waals surface area (Å²) in [6.45, 7) is 2.20. The third kappa shape index (κ3) is 10.5. The third-order valence-corrected chi connectivity index (χ3v) is 7.42. The molecule has 2 aromatic heterocycles. The molecular formula is C30H34F5N7O6. The van der Waals surface area contributed by atoms with E-state index in [1.165, 1.54) is 30.6 Å². The Hall–Kier alpha value is -5.03. The zero-order valence-electron chi connectivity index (χ0n) is 25.8. The number of likely N-dealkylation sites (tertiary alicyclic amines) is 1. The van der Waals surface area contributed by atoms with Crippen molar-refractivity contribution in [1.82, 2.24) is 29.8 Å². The van der Waals surface area contributed by atoms with Gasteiger partial charge in [0.05, 0.1) is 25.0 Å². The number of piperidine rings is 1. The molecule has 18 heteroatoms. The van der Waals surface area contributed by atoms with Crippen molar-refractivity contribution >= 4 is 23.6 Å². The van der Waals surface area contributed by atoms with Crippen molar-refractivity contribution in [3.63, 3.8) is 0 Å². The maximum absolute atomic E-state index is 14.8. The van der Waals surface area contributed by atoms with Crippen LogP contribution in [-0.2, 0) is 29.2 Å². The molecular weight excluding hydrogens is 649 g/mol. The molecule has 1 fully saturated rings. The van der Waals surface area contributed by atoms with Crippen molar-refractivity contribution in [2.45, 2.75) is 64.8 Å². The van der Waals surface area contributed by atoms with Crippen LogP contribution >= 0.6 is 0 Å². The van der Waals surface area contributed by atoms with Crippen molar-refractivity contribution in [2.75, 3.05) is 25.0 Å². The van der Waals surface area contributed by atoms with Gasteiger partial charge in [-0.3, -0.25) is 14.4 Å². The summed E-state index contributed by atoms with van der Waals surface area (Å²) in [7, 11) is 0. The number of carbonyl (C=O) groups is 3. The molecule has 3 aromatic rings. The average molecular weight is 684 g/mol. The SMILES string of the molecule is CCOC(=O)N1CCC(CC(=O)Nc2ccn(CCC(F)Cn3cc(C(=O)NCc4cccc(OC(F)(F)F)c4)nn3)c(=O)c2F)CC1. The molecule has 1 unspecified atom stereocenters. The van der Waals surface area contributed by atoms with Crippen LogP contribution in [0.3, 0.4) is 0 Å². The molecule has 0 spiro atoms. The van der Waals surface area contributed by atoms with Crippen LogP contribution in [-0.4, -0.2) is 74.6 Å². The largest absolute Gasteiger partial charge is 0.573 e. The molecule has 3 heterocycles. The van der Waals surface area contributed by atoms with Gasteiger partial charge in [0, 0.05) is 38.8 Å². The number of halogens is 5. The van der Waals surface area contributed by atoms with Crippen LogP contribution in [0.2, 0.25) is 0 Å². The molecule has 0 aliphatic carbocycles. The van der Waals surface area contributed by atoms with Gasteiger partial charge >= 0.3 is 12.5 Å². The first-order valence-electron chi connectivity index (χ1n) is 15.1. The first-order chi connectivity index (χ1) is 22.8. The van der Waals surface area contributed by atoms with Gasteiger partial charge in [-0.15, -0.1) is 18.3 Å². The van der Waals surface area contributed by atoms with E-state index in [1.54, 1.807) is 11.8 Å². The Kier molecular flexibility index (Phi) is 12.1. The fraction of sp³-hybridized carbons (Fsp3) is 0.467. The highest BCUT2D eigenvalue weighted by Gasteiger charge is 2.31. The molecule has 0 radical (unpaired) electrons. The molecule has 2 N–H and O–H groups in total. The van der Waals surface area contributed by atoms with Crippen molar-refractivity contribution in [2.24, 2.45) is 5.92 Å². The smallest absolute Gasteiger partial charge is 0.450 e. The monoisotopic (exact) mass is 683 g/mol. The number of amides is 3. The van der Waals surface area contributed by atoms with Gasteiger partial charge in [-0.05, 0) is 55.9 Å². The number of alkyl halides is 4. The highest BCUT2D eigenvalue weighted by molar-refractivity contribution is 5.92. The minimum Gasteiger partial charge on any atom is -0.450 e. The Morgan fingerprint density at radius 1 is 1.15 bits per heavy atom. The highest BCUT2D eigenvalue weighted by atomic mass is 19.4. The summed E-state index contributed by atoms with van der Waals surface area (Å²) >= 11 is 0. The lowest BCUT2D eigenvalue weighted by atomic mass is 9.93. The molecule has 4 rings (SSSR count). The summed E-state index contributed by atoms with van der Waals surface area (Å²) < 4.78 is 77.7. The van der Waals surface area contributed by atoms with E-state index >= 15 is 0 Å². The van der Waals surface area contributed by atoms with Crippen molar-refractivity contribution in [1.29, 1.82) is 0 Å². The Balaban J connectivity index is 1.21. The summed E-state index contributed by atoms with van der Waals surface area (Å²) in [5.41, 5.74) is -1.17. The van der Waals surface area contributed by atoms with E-state index in [-0.39, 0.29) is 56.4 Å². The number of benzene rings is 1. The number of nitrogens with one attached hydrogen (secondary N) is 2. The van der Waals surface area contributed by atoms with E-state index in [9.17, 15) is 41.1 Å². The quantitative estimate of drug-likeness (QED) is 0.257. The lowest BCUT2D eigenvalue weighted by Crippen LogP contribution is -2.39. The Morgan fingerprint density at radius 3 is 2.60 bits per heavy atom. The molecule has 1 atom stereocenters. The number of aryl methyl sites for hydroxylation is 1. The second-order valence-electron chi connectivity index (χ2n) is 11.0. The lowest BCUT2D eigenvalue weighted by molar-refractivity contribution is -0.274. The summed E-state index contributed by atoms with van der Waals surface area (Å²) in [6.07, 6.45) is -3.38. The number of hydrogen-bond acceptors (Lipinski definition) is 8. The number of carbonyl (C=O) groups excluding carboxylic acids is 3. The molecule has 0 saturated carbocycles. The molecule has 13 nitrogen and oxygen atoms in total. The van der Waals surface area contributed by atoms with Gasteiger partial charge in [-0.1, -0.05) is 17.3 Å². The van der Waals surface area contributed by atoms with Crippen molar-refractivity contribution < 1.29 is 45.8 Å². The van der Waals surface area contributed by atoms with Crippen molar-refractivity contribution in [3.8, 4) is 5.75 Å². The van der Waals surface area contributed by atoms with Crippen LogP contribution in [0.5, 0.6) is 5.75 Å². The maximum atomic E-state index is 14.8. The Morgan fingerprint density at radius 2 is 1.90 bits per heavy atom. The molecule has 1 saturated heterocycles. The molecule has 1 aromatic carbocycles. The minimum atomic E-state index is -4.86. The average Bonchev–Trinajstić information content (AvgIpc) is 3.50. The van der Waals surface area contributed by atoms with Crippen LogP contribution < -0.4 is 20.9 Å². The van der Waals surface area contributed by atoms with Gasteiger partial charge in [0.1, 0.15) is 11.9 Å². The van der Waals surface area contributed by atoms with Gasteiger partial charge < -0.3 is 29.6 Å². The summed E-state index contributed by atoms with van der Waals surface area (Å²) in [5.74, 6) is -2.84. The van der Waals surface area contributed by atoms with Gasteiger partial charge in [0.15, 0.2) is 5.69 Å². The number of anilines is 1. The van der Waals surface area contributed by atoms with E-state index in [0.29, 0.717) is 31.5 Å². The number of ether oxygens (including phenoxy) is 2. The predicted octanol–water partition coefficient (Wildman–Crippen LogP) is 4.03. The van der Waals surface area contributed by atoms with E-state index in [1.807, 2.05) is 0 Å². The molecule has 48 heavy (non-hydrogen) atoms. The van der Waals surface area contributed by atoms with Gasteiger partial charge in [-0.25, -0.2) is 13.9 Å². The Labute approximate surface area is 271 Å². The fourth-order valence-corrected chi connectivity index (χ4v) is 5.01. The number of pyridine rings is 1. The van der Waals surface area contributed by atoms with Crippen LogP contribution in [0.25, 0.3) is 0 Å². The summed E-state index contributed by atoms with van der Waals surface area (Å²) in [4.78, 5) is 50.9. The van der Waals surface area contributed by atoms with Gasteiger partial charge in [-0.2, -0.15) is 4.39 Å². The van der Waals surface area contributed by atoms with Crippen LogP contribution in [0, 0.1) is 11.7 Å². The molecule has 3 amide bonds. The van der Waals surface area contributed by atoms with Crippen LogP contribution in [0.1, 0.15) is 48.7 Å². The standard InChI is InChI=1S/C30H34F5N7O6/c1-2-47-29(46)41-10-6-19(7-11-41)15-25(43)37-23-9-13-40(28(45)26(23)32)12-8-21(31)17-42-18-24(38-39-42)27(44)36-16-20-4-3-5-22(14-20)48-30(33,34)35/h3-5,9,13-14,18-19,21H,2,6-8,10-12,15-17H2,1H3,(H,36,44)(H,37,43). The number of hydrogen-bond donors (Lipinski definition) is 2. The molecule has 1 aliphatic rings. The Bertz CT molecular complexity index is 1640. The molecule has 1 aliphatic heterocycles. The zero-order chi connectivity index (χ0) is 34.8. The maximum Gasteiger partial charge on any atom is 0.573 e. The molecule has 0 bridgehead atoms. The van der Waals surface area contributed by atoms with Crippen LogP contribution in [0.15, 0.2) is 47.5 Å². The normalized spacial score (nSPS) is 14.3. The summed E-state index contributed by atoms with van der Waals surface area (Å²) in [5, 5.41) is 12.3. The second kappa shape index (κ2) is 16.2. The van der Waals surface area contributed by atoms with E-state index in [4.69, 9.17) is 4.74 Å². The highest BCUT2D eigenvalue weighted by Crippen LogP contribution is 2.24. The number of nitrogens with zero attached hydrogens (tertiary/aromatic N) is 5. The minimum absolute atomic E-state index is 0.0241. The van der Waals surface area contributed by atoms with Crippen molar-refractivity contribution in [3.05, 3.63) is 70.2 Å². The lowest BCUT2D eigenvalue weighted by Gasteiger charge is -2.30. The first-order valence-corrected chi connectivity index (χ1v) is 15.1. The summed E-state index contributed by atoms with van der Waals surface area (Å²) in [6, 6.07) is 6.26. The number of rotatable bonds is 13. The van der Waals surface area contributed by atoms with Gasteiger partial charge in [0.2, 0.25) is 11.7 Å². The van der Waals surface area contributed by atoms with E-state index in [0.717, 1.165) is 21.4 Å². The number of aromatic nitrogens is 4. The van der Waals surface area contributed by atoms with Crippen LogP contribution in [0.4, 0.5) is 32.4 Å². The van der Waals surface area contributed by atoms with Gasteiger partial charge in [0.25, 0.3) is 11.5 Å². The zero-order valence-corrected chi connectivity index (χ0v) is 25.8. The second-order valence-corrected chi connectivity index (χ2v) is 11.0. The topological polar surface area (TPSA) is 150 Å².